The minimum Gasteiger partial charge on any atom is -0.355 e. The largest absolute Gasteiger partial charge is 0.355 e. The van der Waals surface area contributed by atoms with Gasteiger partial charge in [0.15, 0.2) is 5.76 Å². The van der Waals surface area contributed by atoms with Crippen LogP contribution < -0.4 is 4.90 Å². The molecular formula is C19H16N2O2. The third-order valence-electron chi connectivity index (χ3n) is 4.26. The summed E-state index contributed by atoms with van der Waals surface area (Å²) in [5, 5.41) is 3.85. The zero-order valence-electron chi connectivity index (χ0n) is 12.8. The number of amides is 1. The van der Waals surface area contributed by atoms with Crippen LogP contribution in [0.1, 0.15) is 22.8 Å². The molecule has 1 aliphatic rings. The van der Waals surface area contributed by atoms with Crippen LogP contribution in [0.15, 0.2) is 65.3 Å². The van der Waals surface area contributed by atoms with E-state index in [1.165, 1.54) is 11.8 Å². The number of hydrogen-bond acceptors (Lipinski definition) is 3. The molecule has 0 saturated heterocycles. The van der Waals surface area contributed by atoms with E-state index in [0.717, 1.165) is 17.7 Å². The molecule has 3 aromatic rings. The lowest BCUT2D eigenvalue weighted by molar-refractivity contribution is 0.0981. The maximum Gasteiger partial charge on any atom is 0.264 e. The number of aromatic nitrogens is 1. The van der Waals surface area contributed by atoms with E-state index in [1.807, 2.05) is 53.4 Å². The molecule has 114 valence electrons. The lowest BCUT2D eigenvalue weighted by atomic mass is 10.1. The van der Waals surface area contributed by atoms with Gasteiger partial charge in [-0.25, -0.2) is 0 Å². The molecule has 0 fully saturated rings. The number of carbonyl (C=O) groups excluding carboxylic acids is 1. The minimum absolute atomic E-state index is 0.0671. The highest BCUT2D eigenvalue weighted by atomic mass is 16.5. The first-order valence-corrected chi connectivity index (χ1v) is 7.67. The summed E-state index contributed by atoms with van der Waals surface area (Å²) in [4.78, 5) is 14.9. The summed E-state index contributed by atoms with van der Waals surface area (Å²) in [6.07, 6.45) is 2.38. The first-order valence-electron chi connectivity index (χ1n) is 7.67. The van der Waals surface area contributed by atoms with Crippen molar-refractivity contribution >= 4 is 11.6 Å². The van der Waals surface area contributed by atoms with Crippen LogP contribution in [0.3, 0.4) is 0 Å². The van der Waals surface area contributed by atoms with Crippen LogP contribution in [-0.2, 0) is 6.42 Å². The second-order valence-electron chi connectivity index (χ2n) is 5.79. The molecule has 4 heteroatoms. The molecule has 1 atom stereocenters. The zero-order valence-corrected chi connectivity index (χ0v) is 12.8. The van der Waals surface area contributed by atoms with Crippen molar-refractivity contribution < 1.29 is 9.32 Å². The van der Waals surface area contributed by atoms with Gasteiger partial charge < -0.3 is 9.42 Å². The summed E-state index contributed by atoms with van der Waals surface area (Å²) in [5.41, 5.74) is 3.53. The number of rotatable bonds is 2. The van der Waals surface area contributed by atoms with Crippen molar-refractivity contribution in [3.05, 3.63) is 71.9 Å². The van der Waals surface area contributed by atoms with Crippen molar-refractivity contribution in [1.29, 1.82) is 0 Å². The van der Waals surface area contributed by atoms with Gasteiger partial charge in [-0.3, -0.25) is 4.79 Å². The molecule has 4 rings (SSSR count). The highest BCUT2D eigenvalue weighted by Gasteiger charge is 2.33. The highest BCUT2D eigenvalue weighted by molar-refractivity contribution is 6.10. The molecule has 1 amide bonds. The third-order valence-corrected chi connectivity index (χ3v) is 4.26. The molecule has 0 aliphatic carbocycles. The standard InChI is InChI=1S/C19H16N2O2/c1-13-11-15-9-5-6-10-17(15)21(13)19(22)16-12-20-23-18(16)14-7-3-2-4-8-14/h2-10,12-13H,11H2,1H3. The maximum atomic E-state index is 13.1. The Morgan fingerprint density at radius 1 is 1.13 bits per heavy atom. The number of fused-ring (bicyclic) bond motifs is 1. The fourth-order valence-corrected chi connectivity index (χ4v) is 3.19. The van der Waals surface area contributed by atoms with Gasteiger partial charge in [0.2, 0.25) is 0 Å². The number of anilines is 1. The van der Waals surface area contributed by atoms with Crippen LogP contribution in [0.5, 0.6) is 0 Å². The van der Waals surface area contributed by atoms with Crippen molar-refractivity contribution in [2.45, 2.75) is 19.4 Å². The van der Waals surface area contributed by atoms with E-state index in [0.29, 0.717) is 11.3 Å². The number of benzene rings is 2. The summed E-state index contributed by atoms with van der Waals surface area (Å²) in [7, 11) is 0. The van der Waals surface area contributed by atoms with E-state index >= 15 is 0 Å². The summed E-state index contributed by atoms with van der Waals surface area (Å²) >= 11 is 0. The van der Waals surface area contributed by atoms with Crippen LogP contribution >= 0.6 is 0 Å². The summed E-state index contributed by atoms with van der Waals surface area (Å²) in [5.74, 6) is 0.453. The topological polar surface area (TPSA) is 46.3 Å². The van der Waals surface area contributed by atoms with Crippen LogP contribution in [0.25, 0.3) is 11.3 Å². The van der Waals surface area contributed by atoms with Crippen molar-refractivity contribution in [3.63, 3.8) is 0 Å². The van der Waals surface area contributed by atoms with E-state index in [-0.39, 0.29) is 11.9 Å². The lowest BCUT2D eigenvalue weighted by Crippen LogP contribution is -2.35. The SMILES string of the molecule is CC1Cc2ccccc2N1C(=O)c1cnoc1-c1ccccc1. The second-order valence-corrected chi connectivity index (χ2v) is 5.79. The van der Waals surface area contributed by atoms with Gasteiger partial charge in [-0.1, -0.05) is 53.7 Å². The summed E-state index contributed by atoms with van der Waals surface area (Å²) in [6.45, 7) is 2.06. The van der Waals surface area contributed by atoms with Crippen LogP contribution in [0, 0.1) is 0 Å². The maximum absolute atomic E-state index is 13.1. The van der Waals surface area contributed by atoms with E-state index in [4.69, 9.17) is 4.52 Å². The van der Waals surface area contributed by atoms with Crippen LogP contribution in [0.2, 0.25) is 0 Å². The molecule has 1 aliphatic heterocycles. The number of para-hydroxylation sites is 1. The van der Waals surface area contributed by atoms with Gasteiger partial charge in [0.25, 0.3) is 5.91 Å². The average Bonchev–Trinajstić information content (AvgIpc) is 3.18. The fraction of sp³-hybridized carbons (Fsp3) is 0.158. The summed E-state index contributed by atoms with van der Waals surface area (Å²) in [6, 6.07) is 17.8. The van der Waals surface area contributed by atoms with Gasteiger partial charge in [0.1, 0.15) is 5.56 Å². The third kappa shape index (κ3) is 2.23. The summed E-state index contributed by atoms with van der Waals surface area (Å²) < 4.78 is 5.36. The van der Waals surface area contributed by atoms with Gasteiger partial charge in [-0.15, -0.1) is 0 Å². The average molecular weight is 304 g/mol. The van der Waals surface area contributed by atoms with Crippen molar-refractivity contribution in [2.24, 2.45) is 0 Å². The Labute approximate surface area is 134 Å². The number of nitrogens with zero attached hydrogens (tertiary/aromatic N) is 2. The molecule has 1 aromatic heterocycles. The minimum atomic E-state index is -0.0671. The predicted octanol–water partition coefficient (Wildman–Crippen LogP) is 3.93. The number of hydrogen-bond donors (Lipinski definition) is 0. The van der Waals surface area contributed by atoms with Gasteiger partial charge in [-0.2, -0.15) is 0 Å². The molecule has 1 unspecified atom stereocenters. The van der Waals surface area contributed by atoms with E-state index in [9.17, 15) is 4.79 Å². The molecule has 4 nitrogen and oxygen atoms in total. The highest BCUT2D eigenvalue weighted by Crippen LogP contribution is 2.34. The lowest BCUT2D eigenvalue weighted by Gasteiger charge is -2.22. The molecule has 0 spiro atoms. The Kier molecular flexibility index (Phi) is 3.23. The van der Waals surface area contributed by atoms with Gasteiger partial charge >= 0.3 is 0 Å². The zero-order chi connectivity index (χ0) is 15.8. The molecule has 23 heavy (non-hydrogen) atoms. The Bertz CT molecular complexity index is 855. The molecule has 2 heterocycles. The first-order chi connectivity index (χ1) is 11.3. The van der Waals surface area contributed by atoms with Crippen molar-refractivity contribution in [3.8, 4) is 11.3 Å². The van der Waals surface area contributed by atoms with E-state index in [1.54, 1.807) is 0 Å². The molecular weight excluding hydrogens is 288 g/mol. The van der Waals surface area contributed by atoms with Crippen molar-refractivity contribution in [2.75, 3.05) is 4.90 Å². The Morgan fingerprint density at radius 3 is 2.70 bits per heavy atom. The molecule has 0 saturated carbocycles. The number of carbonyl (C=O) groups is 1. The quantitative estimate of drug-likeness (QED) is 0.720. The molecule has 0 radical (unpaired) electrons. The second kappa shape index (κ2) is 5.39. The molecule has 2 aromatic carbocycles. The van der Waals surface area contributed by atoms with Crippen molar-refractivity contribution in [1.82, 2.24) is 5.16 Å². The van der Waals surface area contributed by atoms with Crippen LogP contribution in [-0.4, -0.2) is 17.1 Å². The Hall–Kier alpha value is -2.88. The fourth-order valence-electron chi connectivity index (χ4n) is 3.19. The molecule has 0 N–H and O–H groups in total. The Morgan fingerprint density at radius 2 is 1.87 bits per heavy atom. The monoisotopic (exact) mass is 304 g/mol. The van der Waals surface area contributed by atoms with Gasteiger partial charge in [0.05, 0.1) is 6.20 Å². The van der Waals surface area contributed by atoms with Gasteiger partial charge in [-0.05, 0) is 25.0 Å². The van der Waals surface area contributed by atoms with E-state index < -0.39 is 0 Å². The first kappa shape index (κ1) is 13.8. The predicted molar refractivity (Wildman–Crippen MR) is 88.4 cm³/mol. The van der Waals surface area contributed by atoms with Gasteiger partial charge in [0, 0.05) is 17.3 Å². The van der Waals surface area contributed by atoms with E-state index in [2.05, 4.69) is 18.1 Å². The smallest absolute Gasteiger partial charge is 0.264 e. The normalized spacial score (nSPS) is 16.4. The molecule has 0 bridgehead atoms. The Balaban J connectivity index is 1.76. The van der Waals surface area contributed by atoms with Crippen LogP contribution in [0.4, 0.5) is 5.69 Å².